The molecular weight excluding hydrogens is 446 g/mol. The molecule has 184 valence electrons. The van der Waals surface area contributed by atoms with Crippen LogP contribution in [-0.2, 0) is 30.4 Å². The van der Waals surface area contributed by atoms with Crippen molar-refractivity contribution in [1.82, 2.24) is 14.2 Å². The molecule has 1 aliphatic rings. The minimum atomic E-state index is -4.20. The molecule has 1 aromatic heterocycles. The maximum atomic E-state index is 13.2. The van der Waals surface area contributed by atoms with Crippen molar-refractivity contribution in [2.75, 3.05) is 47.4 Å². The van der Waals surface area contributed by atoms with E-state index in [4.69, 9.17) is 13.7 Å². The lowest BCUT2D eigenvalue weighted by Crippen LogP contribution is -2.39. The third-order valence-electron chi connectivity index (χ3n) is 5.81. The smallest absolute Gasteiger partial charge is 0.366 e. The zero-order valence-electron chi connectivity index (χ0n) is 20.1. The summed E-state index contributed by atoms with van der Waals surface area (Å²) < 4.78 is 43.8. The van der Waals surface area contributed by atoms with E-state index in [2.05, 4.69) is 5.32 Å². The Bertz CT molecular complexity index is 1070. The number of ether oxygens (including phenoxy) is 2. The van der Waals surface area contributed by atoms with Crippen LogP contribution in [0.4, 0.5) is 0 Å². The van der Waals surface area contributed by atoms with Gasteiger partial charge < -0.3 is 19.7 Å². The molecule has 0 amide bonds. The standard InChI is InChI=1S/C23H35N3O6S/c1-23(2,22(27)32-18-8-11-24-12-9-18)16-31-33(28,29)26-15-17(10-13-25(3)4)20-7-6-19(30-5)14-21(20)26/h6-7,14-15,18,24H,8-13,16H2,1-5H3. The molecule has 0 bridgehead atoms. The molecule has 2 heterocycles. The van der Waals surface area contributed by atoms with Crippen molar-refractivity contribution in [1.29, 1.82) is 0 Å². The molecular formula is C23H35N3O6S. The van der Waals surface area contributed by atoms with Gasteiger partial charge in [-0.2, -0.15) is 8.42 Å². The third-order valence-corrected chi connectivity index (χ3v) is 7.01. The largest absolute Gasteiger partial charge is 0.497 e. The van der Waals surface area contributed by atoms with E-state index >= 15 is 0 Å². The minimum absolute atomic E-state index is 0.158. The summed E-state index contributed by atoms with van der Waals surface area (Å²) in [5.74, 6) is 0.0809. The summed E-state index contributed by atoms with van der Waals surface area (Å²) in [6, 6.07) is 5.33. The van der Waals surface area contributed by atoms with Gasteiger partial charge in [0, 0.05) is 24.2 Å². The lowest BCUT2D eigenvalue weighted by molar-refractivity contribution is -0.162. The number of hydrogen-bond donors (Lipinski definition) is 1. The topological polar surface area (TPSA) is 99.1 Å². The number of methoxy groups -OCH3 is 1. The average molecular weight is 482 g/mol. The van der Waals surface area contributed by atoms with Gasteiger partial charge in [-0.05, 0) is 78.0 Å². The maximum absolute atomic E-state index is 13.2. The number of nitrogens with one attached hydrogen (secondary N) is 1. The predicted octanol–water partition coefficient (Wildman–Crippen LogP) is 2.18. The molecule has 0 radical (unpaired) electrons. The van der Waals surface area contributed by atoms with Gasteiger partial charge in [-0.25, -0.2) is 3.97 Å². The number of esters is 1. The van der Waals surface area contributed by atoms with Crippen molar-refractivity contribution < 1.29 is 26.9 Å². The molecule has 0 unspecified atom stereocenters. The Morgan fingerprint density at radius 1 is 1.24 bits per heavy atom. The van der Waals surface area contributed by atoms with E-state index < -0.39 is 21.7 Å². The van der Waals surface area contributed by atoms with Gasteiger partial charge in [0.05, 0.1) is 24.6 Å². The van der Waals surface area contributed by atoms with E-state index in [1.807, 2.05) is 25.1 Å². The Morgan fingerprint density at radius 3 is 2.58 bits per heavy atom. The van der Waals surface area contributed by atoms with Crippen LogP contribution in [0.2, 0.25) is 0 Å². The molecule has 10 heteroatoms. The summed E-state index contributed by atoms with van der Waals surface area (Å²) in [5, 5.41) is 4.03. The first-order chi connectivity index (χ1) is 15.5. The number of likely N-dealkylation sites (N-methyl/N-ethyl adjacent to an activating group) is 1. The predicted molar refractivity (Wildman–Crippen MR) is 127 cm³/mol. The molecule has 1 aromatic carbocycles. The van der Waals surface area contributed by atoms with Gasteiger partial charge in [0.15, 0.2) is 0 Å². The first kappa shape index (κ1) is 25.5. The van der Waals surface area contributed by atoms with Crippen LogP contribution in [0.1, 0.15) is 32.3 Å². The molecule has 1 N–H and O–H groups in total. The summed E-state index contributed by atoms with van der Waals surface area (Å²) in [6.07, 6.45) is 3.59. The van der Waals surface area contributed by atoms with Crippen molar-refractivity contribution in [3.8, 4) is 5.75 Å². The second-order valence-electron chi connectivity index (χ2n) is 9.34. The summed E-state index contributed by atoms with van der Waals surface area (Å²) in [7, 11) is 1.26. The van der Waals surface area contributed by atoms with Crippen molar-refractivity contribution in [3.05, 3.63) is 30.0 Å². The second-order valence-corrected chi connectivity index (χ2v) is 10.8. The number of rotatable bonds is 10. The van der Waals surface area contributed by atoms with Crippen LogP contribution in [0.25, 0.3) is 10.9 Å². The van der Waals surface area contributed by atoms with E-state index in [-0.39, 0.29) is 12.7 Å². The van der Waals surface area contributed by atoms with Gasteiger partial charge in [-0.3, -0.25) is 8.98 Å². The normalized spacial score (nSPS) is 15.8. The summed E-state index contributed by atoms with van der Waals surface area (Å²) in [6.45, 7) is 5.29. The van der Waals surface area contributed by atoms with Gasteiger partial charge in [-0.1, -0.05) is 0 Å². The lowest BCUT2D eigenvalue weighted by atomic mass is 9.95. The third kappa shape index (κ3) is 6.26. The number of carbonyl (C=O) groups is 1. The highest BCUT2D eigenvalue weighted by molar-refractivity contribution is 7.85. The fourth-order valence-electron chi connectivity index (χ4n) is 3.66. The maximum Gasteiger partial charge on any atom is 0.366 e. The van der Waals surface area contributed by atoms with Gasteiger partial charge in [0.25, 0.3) is 0 Å². The molecule has 1 aliphatic heterocycles. The molecule has 3 rings (SSSR count). The van der Waals surface area contributed by atoms with Gasteiger partial charge in [0.2, 0.25) is 0 Å². The molecule has 1 fully saturated rings. The fourth-order valence-corrected chi connectivity index (χ4v) is 4.87. The average Bonchev–Trinajstić information content (AvgIpc) is 3.16. The monoisotopic (exact) mass is 481 g/mol. The number of nitrogens with zero attached hydrogens (tertiary/aromatic N) is 2. The van der Waals surface area contributed by atoms with E-state index in [1.54, 1.807) is 32.2 Å². The number of carbonyl (C=O) groups excluding carboxylic acids is 1. The van der Waals surface area contributed by atoms with E-state index in [0.29, 0.717) is 17.7 Å². The fraction of sp³-hybridized carbons (Fsp3) is 0.609. The number of benzene rings is 1. The Balaban J connectivity index is 1.80. The highest BCUT2D eigenvalue weighted by atomic mass is 32.2. The van der Waals surface area contributed by atoms with Crippen LogP contribution in [-0.4, -0.2) is 76.8 Å². The molecule has 0 saturated carbocycles. The van der Waals surface area contributed by atoms with Crippen LogP contribution in [0, 0.1) is 5.41 Å². The summed E-state index contributed by atoms with van der Waals surface area (Å²) in [5.41, 5.74) is 0.239. The van der Waals surface area contributed by atoms with Crippen LogP contribution in [0.5, 0.6) is 5.75 Å². The number of aromatic nitrogens is 1. The van der Waals surface area contributed by atoms with Gasteiger partial charge in [0.1, 0.15) is 11.9 Å². The molecule has 0 aliphatic carbocycles. The van der Waals surface area contributed by atoms with Crippen LogP contribution in [0.15, 0.2) is 24.4 Å². The highest BCUT2D eigenvalue weighted by Gasteiger charge is 2.35. The lowest BCUT2D eigenvalue weighted by Gasteiger charge is -2.28. The van der Waals surface area contributed by atoms with E-state index in [1.165, 1.54) is 7.11 Å². The van der Waals surface area contributed by atoms with Crippen molar-refractivity contribution in [2.24, 2.45) is 5.41 Å². The summed E-state index contributed by atoms with van der Waals surface area (Å²) in [4.78, 5) is 14.7. The SMILES string of the molecule is COc1ccc2c(CCN(C)C)cn(S(=O)(=O)OCC(C)(C)C(=O)OC3CCNCC3)c2c1. The minimum Gasteiger partial charge on any atom is -0.497 e. The number of hydrogen-bond acceptors (Lipinski definition) is 8. The Morgan fingerprint density at radius 2 is 1.94 bits per heavy atom. The molecule has 0 spiro atoms. The number of piperidine rings is 1. The molecule has 0 atom stereocenters. The quantitative estimate of drug-likeness (QED) is 0.516. The highest BCUT2D eigenvalue weighted by Crippen LogP contribution is 2.29. The van der Waals surface area contributed by atoms with Crippen LogP contribution >= 0.6 is 0 Å². The zero-order chi connectivity index (χ0) is 24.2. The first-order valence-corrected chi connectivity index (χ1v) is 12.5. The molecule has 2 aromatic rings. The second kappa shape index (κ2) is 10.4. The Hall–Kier alpha value is -2.14. The summed E-state index contributed by atoms with van der Waals surface area (Å²) >= 11 is 0. The van der Waals surface area contributed by atoms with Crippen LogP contribution in [0.3, 0.4) is 0 Å². The molecule has 33 heavy (non-hydrogen) atoms. The number of fused-ring (bicyclic) bond motifs is 1. The molecule has 9 nitrogen and oxygen atoms in total. The Labute approximate surface area is 196 Å². The van der Waals surface area contributed by atoms with E-state index in [9.17, 15) is 13.2 Å². The van der Waals surface area contributed by atoms with E-state index in [0.717, 1.165) is 47.4 Å². The van der Waals surface area contributed by atoms with Gasteiger partial charge >= 0.3 is 16.3 Å². The van der Waals surface area contributed by atoms with Crippen molar-refractivity contribution in [3.63, 3.8) is 0 Å². The Kier molecular flexibility index (Phi) is 8.04. The van der Waals surface area contributed by atoms with Crippen LogP contribution < -0.4 is 10.1 Å². The van der Waals surface area contributed by atoms with Gasteiger partial charge in [-0.15, -0.1) is 0 Å². The zero-order valence-corrected chi connectivity index (χ0v) is 20.9. The van der Waals surface area contributed by atoms with Crippen molar-refractivity contribution >= 4 is 27.2 Å². The first-order valence-electron chi connectivity index (χ1n) is 11.2. The molecule has 1 saturated heterocycles. The van der Waals surface area contributed by atoms with Crippen molar-refractivity contribution in [2.45, 2.75) is 39.2 Å².